The number of fused-ring (bicyclic) bond motifs is 8. The third kappa shape index (κ3) is 3.83. The molecule has 186 valence electrons. The summed E-state index contributed by atoms with van der Waals surface area (Å²) in [6.07, 6.45) is 1.55. The molecule has 1 amide bonds. The third-order valence-electron chi connectivity index (χ3n) is 7.44. The van der Waals surface area contributed by atoms with E-state index >= 15 is 0 Å². The maximum absolute atomic E-state index is 13.0. The van der Waals surface area contributed by atoms with Gasteiger partial charge in [-0.15, -0.1) is 0 Å². The molecule has 4 aromatic rings. The highest BCUT2D eigenvalue weighted by atomic mass is 16.5. The van der Waals surface area contributed by atoms with Crippen LogP contribution in [0.4, 0.5) is 5.82 Å². The zero-order valence-corrected chi connectivity index (χ0v) is 21.3. The van der Waals surface area contributed by atoms with Gasteiger partial charge in [0.25, 0.3) is 5.91 Å². The van der Waals surface area contributed by atoms with Crippen LogP contribution in [-0.4, -0.2) is 23.0 Å². The number of hydrogen-bond donors (Lipinski definition) is 2. The van der Waals surface area contributed by atoms with Crippen molar-refractivity contribution >= 4 is 11.7 Å². The second-order valence-electron chi connectivity index (χ2n) is 9.74. The zero-order chi connectivity index (χ0) is 25.8. The van der Waals surface area contributed by atoms with Crippen molar-refractivity contribution in [1.29, 1.82) is 0 Å². The van der Waals surface area contributed by atoms with Crippen molar-refractivity contribution in [1.82, 2.24) is 15.3 Å². The molecular weight excluding hydrogens is 464 g/mol. The monoisotopic (exact) mass is 492 g/mol. The average Bonchev–Trinajstić information content (AvgIpc) is 3.44. The van der Waals surface area contributed by atoms with Gasteiger partial charge in [0.15, 0.2) is 0 Å². The molecule has 2 aromatic carbocycles. The fourth-order valence-electron chi connectivity index (χ4n) is 5.52. The number of nitrogen functional groups attached to an aromatic ring is 1. The first-order valence-corrected chi connectivity index (χ1v) is 12.3. The van der Waals surface area contributed by atoms with Gasteiger partial charge >= 0.3 is 0 Å². The van der Waals surface area contributed by atoms with E-state index in [-0.39, 0.29) is 18.1 Å². The highest BCUT2D eigenvalue weighted by Crippen LogP contribution is 2.54. The van der Waals surface area contributed by atoms with E-state index in [1.807, 2.05) is 50.4 Å². The number of pyridine rings is 2. The second kappa shape index (κ2) is 8.71. The molecule has 0 radical (unpaired) electrons. The topological polar surface area (TPSA) is 99.4 Å². The molecule has 2 aromatic heterocycles. The molecule has 0 spiro atoms. The number of aryl methyl sites for hydroxylation is 3. The van der Waals surface area contributed by atoms with E-state index in [0.29, 0.717) is 23.8 Å². The first-order chi connectivity index (χ1) is 17.8. The van der Waals surface area contributed by atoms with Gasteiger partial charge in [-0.05, 0) is 89.5 Å². The number of nitrogens with zero attached hydrogens (tertiary/aromatic N) is 2. The minimum atomic E-state index is -0.169. The lowest BCUT2D eigenvalue weighted by Gasteiger charge is -2.18. The lowest BCUT2D eigenvalue weighted by molar-refractivity contribution is 0.0857. The fraction of sp³-hybridized carbons (Fsp3) is 0.233. The molecule has 0 fully saturated rings. The number of aromatic nitrogens is 2. The maximum atomic E-state index is 13.0. The Hall–Kier alpha value is -4.23. The van der Waals surface area contributed by atoms with Gasteiger partial charge in [0.05, 0.1) is 7.11 Å². The lowest BCUT2D eigenvalue weighted by atomic mass is 9.83. The zero-order valence-electron chi connectivity index (χ0n) is 21.3. The van der Waals surface area contributed by atoms with E-state index in [1.165, 1.54) is 5.56 Å². The molecule has 2 bridgehead atoms. The van der Waals surface area contributed by atoms with Gasteiger partial charge < -0.3 is 20.5 Å². The quantitative estimate of drug-likeness (QED) is 0.402. The summed E-state index contributed by atoms with van der Waals surface area (Å²) in [7, 11) is 1.62. The predicted molar refractivity (Wildman–Crippen MR) is 141 cm³/mol. The minimum Gasteiger partial charge on any atom is -0.481 e. The predicted octanol–water partition coefficient (Wildman–Crippen LogP) is 5.11. The van der Waals surface area contributed by atoms with Gasteiger partial charge in [-0.1, -0.05) is 18.2 Å². The fourth-order valence-corrected chi connectivity index (χ4v) is 5.52. The number of hydrogen-bond acceptors (Lipinski definition) is 6. The molecular formula is C30H28N4O3. The Kier molecular flexibility index (Phi) is 5.46. The number of nitrogens with two attached hydrogens (primary N) is 1. The summed E-state index contributed by atoms with van der Waals surface area (Å²) >= 11 is 0. The number of nitrogens with one attached hydrogen (secondary N) is 1. The molecule has 4 heterocycles. The molecule has 0 saturated carbocycles. The number of anilines is 1. The van der Waals surface area contributed by atoms with Crippen molar-refractivity contribution in [2.45, 2.75) is 39.5 Å². The molecule has 0 aliphatic carbocycles. The van der Waals surface area contributed by atoms with Crippen LogP contribution in [0, 0.1) is 20.8 Å². The molecule has 3 N–H and O–H groups in total. The Morgan fingerprint density at radius 3 is 2.41 bits per heavy atom. The standard InChI is InChI=1S/C30H28N4O3/c1-15-9-26(31)34-17(3)24(15)13-33-30(35)19-6-8-21-23(12-19)29-20-7-5-18(11-22(20)28(21)37-29)25-14-32-27(36-4)10-16(25)2/h5-12,14,28-29H,13H2,1-4H3,(H2,31,34)(H,33,35). The normalized spacial score (nSPS) is 16.9. The van der Waals surface area contributed by atoms with Crippen LogP contribution in [-0.2, 0) is 11.3 Å². The van der Waals surface area contributed by atoms with Gasteiger partial charge in [0.1, 0.15) is 18.0 Å². The Morgan fingerprint density at radius 1 is 0.973 bits per heavy atom. The molecule has 37 heavy (non-hydrogen) atoms. The maximum Gasteiger partial charge on any atom is 0.251 e. The van der Waals surface area contributed by atoms with E-state index < -0.39 is 0 Å². The van der Waals surface area contributed by atoms with Gasteiger partial charge in [0, 0.05) is 35.6 Å². The summed E-state index contributed by atoms with van der Waals surface area (Å²) in [4.78, 5) is 21.7. The minimum absolute atomic E-state index is 0.126. The van der Waals surface area contributed by atoms with Crippen LogP contribution in [0.5, 0.6) is 5.88 Å². The van der Waals surface area contributed by atoms with Crippen LogP contribution >= 0.6 is 0 Å². The van der Waals surface area contributed by atoms with E-state index in [4.69, 9.17) is 15.2 Å². The first kappa shape index (κ1) is 23.2. The number of ether oxygens (including phenoxy) is 2. The van der Waals surface area contributed by atoms with E-state index in [1.54, 1.807) is 7.11 Å². The van der Waals surface area contributed by atoms with Crippen LogP contribution in [0.2, 0.25) is 0 Å². The van der Waals surface area contributed by atoms with Gasteiger partial charge in [-0.3, -0.25) is 4.79 Å². The average molecular weight is 493 g/mol. The Labute approximate surface area is 215 Å². The van der Waals surface area contributed by atoms with Crippen molar-refractivity contribution in [2.24, 2.45) is 0 Å². The number of rotatable bonds is 5. The van der Waals surface area contributed by atoms with E-state index in [2.05, 4.69) is 40.4 Å². The molecule has 2 aliphatic rings. The molecule has 2 atom stereocenters. The summed E-state index contributed by atoms with van der Waals surface area (Å²) in [5.74, 6) is 0.968. The molecule has 7 heteroatoms. The molecule has 0 saturated heterocycles. The van der Waals surface area contributed by atoms with Gasteiger partial charge in [-0.2, -0.15) is 0 Å². The number of amides is 1. The van der Waals surface area contributed by atoms with Crippen molar-refractivity contribution in [2.75, 3.05) is 12.8 Å². The highest BCUT2D eigenvalue weighted by Gasteiger charge is 2.43. The second-order valence-corrected chi connectivity index (χ2v) is 9.74. The van der Waals surface area contributed by atoms with Crippen molar-refractivity contribution in [3.05, 3.63) is 105 Å². The van der Waals surface area contributed by atoms with Crippen LogP contribution in [0.15, 0.2) is 54.7 Å². The first-order valence-electron chi connectivity index (χ1n) is 12.3. The SMILES string of the molecule is COc1cc(C)c(-c2ccc3c(c2)C2OC3c3cc(C(=O)NCc4c(C)cc(N)nc4C)ccc32)cn1. The van der Waals surface area contributed by atoms with Gasteiger partial charge in [0.2, 0.25) is 5.88 Å². The van der Waals surface area contributed by atoms with Crippen molar-refractivity contribution in [3.8, 4) is 17.0 Å². The number of carbonyl (C=O) groups is 1. The Balaban J connectivity index is 1.24. The third-order valence-corrected chi connectivity index (χ3v) is 7.44. The van der Waals surface area contributed by atoms with Crippen LogP contribution in [0.3, 0.4) is 0 Å². The molecule has 6 rings (SSSR count). The van der Waals surface area contributed by atoms with Gasteiger partial charge in [-0.25, -0.2) is 9.97 Å². The molecule has 2 unspecified atom stereocenters. The van der Waals surface area contributed by atoms with E-state index in [0.717, 1.165) is 50.2 Å². The Morgan fingerprint density at radius 2 is 1.70 bits per heavy atom. The number of methoxy groups -OCH3 is 1. The van der Waals surface area contributed by atoms with Crippen molar-refractivity contribution in [3.63, 3.8) is 0 Å². The molecule has 7 nitrogen and oxygen atoms in total. The summed E-state index contributed by atoms with van der Waals surface area (Å²) in [5, 5.41) is 3.03. The molecule has 2 aliphatic heterocycles. The summed E-state index contributed by atoms with van der Waals surface area (Å²) in [5.41, 5.74) is 17.0. The summed E-state index contributed by atoms with van der Waals surface area (Å²) < 4.78 is 11.6. The number of carbonyl (C=O) groups excluding carboxylic acids is 1. The van der Waals surface area contributed by atoms with Crippen LogP contribution in [0.1, 0.15) is 67.2 Å². The van der Waals surface area contributed by atoms with Crippen LogP contribution in [0.25, 0.3) is 11.1 Å². The van der Waals surface area contributed by atoms with E-state index in [9.17, 15) is 4.79 Å². The summed E-state index contributed by atoms with van der Waals surface area (Å²) in [6, 6.07) is 16.1. The van der Waals surface area contributed by atoms with Crippen LogP contribution < -0.4 is 15.8 Å². The smallest absolute Gasteiger partial charge is 0.251 e. The van der Waals surface area contributed by atoms with Crippen molar-refractivity contribution < 1.29 is 14.3 Å². The summed E-state index contributed by atoms with van der Waals surface area (Å²) in [6.45, 7) is 6.34. The highest BCUT2D eigenvalue weighted by molar-refractivity contribution is 5.94. The Bertz CT molecular complexity index is 1560. The largest absolute Gasteiger partial charge is 0.481 e. The lowest BCUT2D eigenvalue weighted by Crippen LogP contribution is -2.24. The number of benzene rings is 2.